The molecule has 2 nitrogen and oxygen atoms in total. The van der Waals surface area contributed by atoms with E-state index in [1.54, 1.807) is 0 Å². The molecule has 1 aromatic rings. The Balaban J connectivity index is 1.49. The van der Waals surface area contributed by atoms with Crippen LogP contribution in [0.3, 0.4) is 0 Å². The standard InChI is InChI=1S/C16H24N2/c1-13(2)18-11-16(12-18)9-17(10-16)8-15-6-4-5-14(3)7-15/h4-7,13H,8-12H2,1-3H3. The minimum absolute atomic E-state index is 0.647. The van der Waals surface area contributed by atoms with Crippen molar-refractivity contribution < 1.29 is 0 Å². The predicted octanol–water partition coefficient (Wildman–Crippen LogP) is 2.52. The number of hydrogen-bond acceptors (Lipinski definition) is 2. The van der Waals surface area contributed by atoms with Crippen LogP contribution in [0.2, 0.25) is 0 Å². The summed E-state index contributed by atoms with van der Waals surface area (Å²) in [5.41, 5.74) is 3.48. The number of aryl methyl sites for hydroxylation is 1. The van der Waals surface area contributed by atoms with Crippen LogP contribution in [0, 0.1) is 12.3 Å². The van der Waals surface area contributed by atoms with Gasteiger partial charge in [0.15, 0.2) is 0 Å². The van der Waals surface area contributed by atoms with Crippen molar-refractivity contribution in [2.75, 3.05) is 26.2 Å². The molecule has 0 atom stereocenters. The van der Waals surface area contributed by atoms with Crippen LogP contribution in [0.15, 0.2) is 24.3 Å². The van der Waals surface area contributed by atoms with Crippen molar-refractivity contribution in [1.82, 2.24) is 9.80 Å². The fourth-order valence-electron chi connectivity index (χ4n) is 3.46. The van der Waals surface area contributed by atoms with Gasteiger partial charge in [-0.25, -0.2) is 0 Å². The number of rotatable bonds is 3. The average Bonchev–Trinajstić information content (AvgIpc) is 2.19. The summed E-state index contributed by atoms with van der Waals surface area (Å²) in [5, 5.41) is 0. The van der Waals surface area contributed by atoms with Gasteiger partial charge in [0.05, 0.1) is 0 Å². The fraction of sp³-hybridized carbons (Fsp3) is 0.625. The van der Waals surface area contributed by atoms with Crippen molar-refractivity contribution in [3.05, 3.63) is 35.4 Å². The van der Waals surface area contributed by atoms with Gasteiger partial charge in [-0.05, 0) is 26.3 Å². The summed E-state index contributed by atoms with van der Waals surface area (Å²) in [4.78, 5) is 5.18. The predicted molar refractivity (Wildman–Crippen MR) is 75.6 cm³/mol. The zero-order valence-electron chi connectivity index (χ0n) is 11.8. The smallest absolute Gasteiger partial charge is 0.0234 e. The molecule has 2 aliphatic rings. The molecule has 0 unspecified atom stereocenters. The van der Waals surface area contributed by atoms with Gasteiger partial charge in [-0.15, -0.1) is 0 Å². The first-order valence-electron chi connectivity index (χ1n) is 7.08. The Morgan fingerprint density at radius 2 is 1.89 bits per heavy atom. The maximum Gasteiger partial charge on any atom is 0.0234 e. The third-order valence-corrected chi connectivity index (χ3v) is 4.41. The molecule has 2 aliphatic heterocycles. The van der Waals surface area contributed by atoms with Crippen molar-refractivity contribution in [3.8, 4) is 0 Å². The van der Waals surface area contributed by atoms with Crippen molar-refractivity contribution in [2.45, 2.75) is 33.4 Å². The summed E-state index contributed by atoms with van der Waals surface area (Å²) in [6.45, 7) is 13.1. The molecule has 0 aromatic heterocycles. The van der Waals surface area contributed by atoms with Crippen LogP contribution in [-0.4, -0.2) is 42.0 Å². The Kier molecular flexibility index (Phi) is 2.95. The van der Waals surface area contributed by atoms with Gasteiger partial charge in [0.25, 0.3) is 0 Å². The number of hydrogen-bond donors (Lipinski definition) is 0. The molecule has 2 heterocycles. The summed E-state index contributed by atoms with van der Waals surface area (Å²) >= 11 is 0. The summed E-state index contributed by atoms with van der Waals surface area (Å²) in [6.07, 6.45) is 0. The SMILES string of the molecule is Cc1cccc(CN2CC3(C2)CN(C(C)C)C3)c1. The molecule has 0 radical (unpaired) electrons. The van der Waals surface area contributed by atoms with Crippen molar-refractivity contribution in [3.63, 3.8) is 0 Å². The molecule has 0 saturated carbocycles. The lowest BCUT2D eigenvalue weighted by Crippen LogP contribution is -2.72. The van der Waals surface area contributed by atoms with Gasteiger partial charge < -0.3 is 0 Å². The molecular weight excluding hydrogens is 220 g/mol. The molecule has 1 spiro atoms. The third kappa shape index (κ3) is 2.19. The van der Waals surface area contributed by atoms with Gasteiger partial charge in [-0.3, -0.25) is 9.80 Å². The zero-order chi connectivity index (χ0) is 12.8. The maximum atomic E-state index is 2.59. The van der Waals surface area contributed by atoms with E-state index >= 15 is 0 Å². The Bertz CT molecular complexity index is 424. The molecule has 0 aliphatic carbocycles. The highest BCUT2D eigenvalue weighted by atomic mass is 15.3. The first-order chi connectivity index (χ1) is 8.56. The maximum absolute atomic E-state index is 2.59. The van der Waals surface area contributed by atoms with Gasteiger partial charge in [0.2, 0.25) is 0 Å². The van der Waals surface area contributed by atoms with E-state index in [1.165, 1.54) is 37.3 Å². The molecule has 0 bridgehead atoms. The summed E-state index contributed by atoms with van der Waals surface area (Å²) in [6, 6.07) is 9.63. The van der Waals surface area contributed by atoms with E-state index in [0.717, 1.165) is 12.6 Å². The lowest BCUT2D eigenvalue weighted by Gasteiger charge is -2.61. The topological polar surface area (TPSA) is 6.48 Å². The van der Waals surface area contributed by atoms with E-state index in [-0.39, 0.29) is 0 Å². The van der Waals surface area contributed by atoms with Crippen LogP contribution in [0.1, 0.15) is 25.0 Å². The second-order valence-electron chi connectivity index (χ2n) is 6.63. The Hall–Kier alpha value is -0.860. The molecule has 2 saturated heterocycles. The minimum atomic E-state index is 0.647. The molecule has 2 fully saturated rings. The molecular formula is C16H24N2. The summed E-state index contributed by atoms with van der Waals surface area (Å²) in [5.74, 6) is 0. The van der Waals surface area contributed by atoms with Crippen LogP contribution in [-0.2, 0) is 6.54 Å². The highest BCUT2D eigenvalue weighted by molar-refractivity contribution is 5.22. The Labute approximate surface area is 111 Å². The van der Waals surface area contributed by atoms with Gasteiger partial charge in [-0.1, -0.05) is 29.8 Å². The van der Waals surface area contributed by atoms with Crippen molar-refractivity contribution in [1.29, 1.82) is 0 Å². The van der Waals surface area contributed by atoms with Crippen LogP contribution < -0.4 is 0 Å². The highest BCUT2D eigenvalue weighted by Gasteiger charge is 2.51. The first-order valence-corrected chi connectivity index (χ1v) is 7.08. The Morgan fingerprint density at radius 1 is 1.17 bits per heavy atom. The highest BCUT2D eigenvalue weighted by Crippen LogP contribution is 2.40. The molecule has 0 amide bonds. The van der Waals surface area contributed by atoms with E-state index in [4.69, 9.17) is 0 Å². The van der Waals surface area contributed by atoms with Crippen LogP contribution in [0.4, 0.5) is 0 Å². The van der Waals surface area contributed by atoms with E-state index in [9.17, 15) is 0 Å². The van der Waals surface area contributed by atoms with Crippen molar-refractivity contribution >= 4 is 0 Å². The van der Waals surface area contributed by atoms with E-state index < -0.39 is 0 Å². The van der Waals surface area contributed by atoms with Gasteiger partial charge in [-0.2, -0.15) is 0 Å². The molecule has 3 rings (SSSR count). The van der Waals surface area contributed by atoms with Crippen molar-refractivity contribution in [2.24, 2.45) is 5.41 Å². The van der Waals surface area contributed by atoms with E-state index in [0.29, 0.717) is 5.41 Å². The number of likely N-dealkylation sites (tertiary alicyclic amines) is 2. The van der Waals surface area contributed by atoms with Gasteiger partial charge in [0.1, 0.15) is 0 Å². The molecule has 0 N–H and O–H groups in total. The van der Waals surface area contributed by atoms with E-state index in [1.807, 2.05) is 0 Å². The number of benzene rings is 1. The summed E-state index contributed by atoms with van der Waals surface area (Å²) < 4.78 is 0. The zero-order valence-corrected chi connectivity index (χ0v) is 11.8. The largest absolute Gasteiger partial charge is 0.300 e. The van der Waals surface area contributed by atoms with Crippen LogP contribution >= 0.6 is 0 Å². The second-order valence-corrected chi connectivity index (χ2v) is 6.63. The van der Waals surface area contributed by atoms with E-state index in [2.05, 4.69) is 54.8 Å². The van der Waals surface area contributed by atoms with Gasteiger partial charge >= 0.3 is 0 Å². The monoisotopic (exact) mass is 244 g/mol. The fourth-order valence-corrected chi connectivity index (χ4v) is 3.46. The normalized spacial score (nSPS) is 23.1. The number of nitrogens with zero attached hydrogens (tertiary/aromatic N) is 2. The molecule has 2 heteroatoms. The quantitative estimate of drug-likeness (QED) is 0.806. The third-order valence-electron chi connectivity index (χ3n) is 4.41. The second kappa shape index (κ2) is 4.36. The van der Waals surface area contributed by atoms with Crippen LogP contribution in [0.5, 0.6) is 0 Å². The van der Waals surface area contributed by atoms with Gasteiger partial charge in [0, 0.05) is 44.2 Å². The Morgan fingerprint density at radius 3 is 2.50 bits per heavy atom. The first kappa shape index (κ1) is 12.2. The minimum Gasteiger partial charge on any atom is -0.300 e. The lowest BCUT2D eigenvalue weighted by atomic mass is 9.72. The summed E-state index contributed by atoms with van der Waals surface area (Å²) in [7, 11) is 0. The molecule has 18 heavy (non-hydrogen) atoms. The molecule has 1 aromatic carbocycles. The average molecular weight is 244 g/mol. The molecule has 98 valence electrons. The lowest BCUT2D eigenvalue weighted by molar-refractivity contribution is -0.128. The van der Waals surface area contributed by atoms with Crippen LogP contribution in [0.25, 0.3) is 0 Å².